The van der Waals surface area contributed by atoms with E-state index >= 15 is 0 Å². The fraction of sp³-hybridized carbons (Fsp3) is 0.250. The molecule has 0 fully saturated rings. The van der Waals surface area contributed by atoms with E-state index in [1.807, 2.05) is 0 Å². The van der Waals surface area contributed by atoms with Crippen molar-refractivity contribution in [1.29, 1.82) is 0 Å². The molecule has 6 nitrogen and oxygen atoms in total. The number of nitro groups is 2. The Labute approximate surface area is 100 Å². The normalized spacial score (nSPS) is 10.2. The highest BCUT2D eigenvalue weighted by molar-refractivity contribution is 6.38. The molecule has 0 atom stereocenters. The Kier molecular flexibility index (Phi) is 3.66. The second-order valence-electron chi connectivity index (χ2n) is 2.89. The molecule has 1 rings (SSSR count). The van der Waals surface area contributed by atoms with Gasteiger partial charge in [-0.3, -0.25) is 20.2 Å². The van der Waals surface area contributed by atoms with Crippen LogP contribution in [0.3, 0.4) is 0 Å². The predicted octanol–water partition coefficient (Wildman–Crippen LogP) is 3.37. The van der Waals surface area contributed by atoms with E-state index in [0.29, 0.717) is 0 Å². The van der Waals surface area contributed by atoms with E-state index in [1.165, 1.54) is 0 Å². The fourth-order valence-corrected chi connectivity index (χ4v) is 1.99. The summed E-state index contributed by atoms with van der Waals surface area (Å²) in [5.41, 5.74) is -0.798. The van der Waals surface area contributed by atoms with Gasteiger partial charge in [0.25, 0.3) is 11.4 Å². The highest BCUT2D eigenvalue weighted by atomic mass is 35.5. The minimum atomic E-state index is -0.773. The minimum absolute atomic E-state index is 0.150. The molecule has 86 valence electrons. The van der Waals surface area contributed by atoms with Crippen molar-refractivity contribution in [2.45, 2.75) is 13.3 Å². The topological polar surface area (TPSA) is 86.3 Å². The van der Waals surface area contributed by atoms with Gasteiger partial charge in [0.1, 0.15) is 10.0 Å². The van der Waals surface area contributed by atoms with Gasteiger partial charge in [-0.1, -0.05) is 30.1 Å². The molecule has 0 aliphatic rings. The van der Waals surface area contributed by atoms with Gasteiger partial charge >= 0.3 is 0 Å². The van der Waals surface area contributed by atoms with Gasteiger partial charge in [-0.25, -0.2) is 0 Å². The Hall–Kier alpha value is -1.40. The van der Waals surface area contributed by atoms with Gasteiger partial charge in [0.2, 0.25) is 0 Å². The van der Waals surface area contributed by atoms with E-state index in [1.54, 1.807) is 6.92 Å². The number of benzene rings is 1. The molecule has 1 aromatic carbocycles. The first kappa shape index (κ1) is 12.7. The largest absolute Gasteiger partial charge is 0.295 e. The van der Waals surface area contributed by atoms with Gasteiger partial charge in [-0.2, -0.15) is 0 Å². The average molecular weight is 265 g/mol. The first-order chi connectivity index (χ1) is 7.40. The van der Waals surface area contributed by atoms with Crippen molar-refractivity contribution in [3.8, 4) is 0 Å². The van der Waals surface area contributed by atoms with Crippen LogP contribution in [0.5, 0.6) is 0 Å². The zero-order chi connectivity index (χ0) is 12.5. The predicted molar refractivity (Wildman–Crippen MR) is 59.1 cm³/mol. The molecule has 0 radical (unpaired) electrons. The van der Waals surface area contributed by atoms with Crippen molar-refractivity contribution in [2.75, 3.05) is 0 Å². The number of hydrogen-bond acceptors (Lipinski definition) is 4. The molecule has 0 aliphatic heterocycles. The minimum Gasteiger partial charge on any atom is -0.258 e. The quantitative estimate of drug-likeness (QED) is 0.619. The SMILES string of the molecule is CCc1c(Cl)c([N+](=O)[O-])cc([N+](=O)[O-])c1Cl. The molecule has 0 amide bonds. The van der Waals surface area contributed by atoms with E-state index in [2.05, 4.69) is 0 Å². The number of halogens is 2. The second kappa shape index (κ2) is 4.63. The Bertz CT molecular complexity index is 437. The van der Waals surface area contributed by atoms with Crippen LogP contribution >= 0.6 is 23.2 Å². The zero-order valence-corrected chi connectivity index (χ0v) is 9.58. The van der Waals surface area contributed by atoms with Crippen molar-refractivity contribution < 1.29 is 9.85 Å². The van der Waals surface area contributed by atoms with Crippen molar-refractivity contribution in [3.05, 3.63) is 41.9 Å². The summed E-state index contributed by atoms with van der Waals surface area (Å²) in [6.07, 6.45) is 0.278. The number of hydrogen-bond donors (Lipinski definition) is 0. The summed E-state index contributed by atoms with van der Waals surface area (Å²) < 4.78 is 0. The number of rotatable bonds is 3. The summed E-state index contributed by atoms with van der Waals surface area (Å²) in [5, 5.41) is 21.0. The zero-order valence-electron chi connectivity index (χ0n) is 8.07. The smallest absolute Gasteiger partial charge is 0.258 e. The Morgan fingerprint density at radius 2 is 1.50 bits per heavy atom. The Balaban J connectivity index is 3.62. The highest BCUT2D eigenvalue weighted by Gasteiger charge is 2.27. The summed E-state index contributed by atoms with van der Waals surface area (Å²) in [6, 6.07) is 0.768. The van der Waals surface area contributed by atoms with Crippen LogP contribution in [0.2, 0.25) is 10.0 Å². The molecule has 0 heterocycles. The maximum absolute atomic E-state index is 10.6. The molecule has 0 aromatic heterocycles. The first-order valence-electron chi connectivity index (χ1n) is 4.19. The summed E-state index contributed by atoms with van der Waals surface area (Å²) in [6.45, 7) is 1.65. The molecule has 0 spiro atoms. The molecule has 0 N–H and O–H groups in total. The third-order valence-electron chi connectivity index (χ3n) is 2.00. The van der Waals surface area contributed by atoms with Crippen LogP contribution in [-0.2, 0) is 6.42 Å². The lowest BCUT2D eigenvalue weighted by atomic mass is 10.1. The van der Waals surface area contributed by atoms with E-state index in [4.69, 9.17) is 23.2 Å². The summed E-state index contributed by atoms with van der Waals surface area (Å²) >= 11 is 11.5. The lowest BCUT2D eigenvalue weighted by Crippen LogP contribution is -1.98. The number of nitrogens with zero attached hydrogens (tertiary/aromatic N) is 2. The lowest BCUT2D eigenvalue weighted by Gasteiger charge is -2.05. The molecule has 0 bridgehead atoms. The van der Waals surface area contributed by atoms with Crippen molar-refractivity contribution in [3.63, 3.8) is 0 Å². The molecule has 0 saturated heterocycles. The van der Waals surface area contributed by atoms with E-state index in [0.717, 1.165) is 6.07 Å². The van der Waals surface area contributed by atoms with Crippen LogP contribution in [-0.4, -0.2) is 9.85 Å². The molecule has 8 heteroatoms. The van der Waals surface area contributed by atoms with Gasteiger partial charge in [0.15, 0.2) is 0 Å². The van der Waals surface area contributed by atoms with E-state index in [9.17, 15) is 20.2 Å². The van der Waals surface area contributed by atoms with Gasteiger partial charge in [0.05, 0.1) is 15.9 Å². The lowest BCUT2D eigenvalue weighted by molar-refractivity contribution is -0.394. The first-order valence-corrected chi connectivity index (χ1v) is 4.95. The van der Waals surface area contributed by atoms with Crippen LogP contribution in [0.1, 0.15) is 12.5 Å². The summed E-state index contributed by atoms with van der Waals surface area (Å²) in [5.74, 6) is 0. The molecular weight excluding hydrogens is 259 g/mol. The van der Waals surface area contributed by atoms with Gasteiger partial charge in [-0.15, -0.1) is 0 Å². The van der Waals surface area contributed by atoms with Crippen LogP contribution in [0.15, 0.2) is 6.07 Å². The van der Waals surface area contributed by atoms with Gasteiger partial charge < -0.3 is 0 Å². The third kappa shape index (κ3) is 2.07. The molecule has 0 unspecified atom stereocenters. The van der Waals surface area contributed by atoms with Crippen molar-refractivity contribution in [1.82, 2.24) is 0 Å². The van der Waals surface area contributed by atoms with Crippen LogP contribution in [0, 0.1) is 20.2 Å². The maximum Gasteiger partial charge on any atom is 0.295 e. The molecule has 0 saturated carbocycles. The van der Waals surface area contributed by atoms with Crippen molar-refractivity contribution >= 4 is 34.6 Å². The van der Waals surface area contributed by atoms with Crippen LogP contribution in [0.4, 0.5) is 11.4 Å². The molecule has 1 aromatic rings. The molecule has 0 aliphatic carbocycles. The maximum atomic E-state index is 10.6. The third-order valence-corrected chi connectivity index (χ3v) is 2.84. The summed E-state index contributed by atoms with van der Waals surface area (Å²) in [4.78, 5) is 19.7. The Morgan fingerprint density at radius 1 is 1.12 bits per heavy atom. The van der Waals surface area contributed by atoms with Gasteiger partial charge in [-0.05, 0) is 6.42 Å². The Morgan fingerprint density at radius 3 is 1.75 bits per heavy atom. The summed E-state index contributed by atoms with van der Waals surface area (Å²) in [7, 11) is 0. The second-order valence-corrected chi connectivity index (χ2v) is 3.65. The van der Waals surface area contributed by atoms with Crippen molar-refractivity contribution in [2.24, 2.45) is 0 Å². The average Bonchev–Trinajstić information content (AvgIpc) is 2.17. The number of nitro benzene ring substituents is 2. The van der Waals surface area contributed by atoms with E-state index < -0.39 is 21.2 Å². The highest BCUT2D eigenvalue weighted by Crippen LogP contribution is 2.39. The van der Waals surface area contributed by atoms with Gasteiger partial charge in [0, 0.05) is 5.56 Å². The van der Waals surface area contributed by atoms with Crippen LogP contribution in [0.25, 0.3) is 0 Å². The fourth-order valence-electron chi connectivity index (χ4n) is 1.24. The monoisotopic (exact) mass is 264 g/mol. The van der Waals surface area contributed by atoms with Crippen LogP contribution < -0.4 is 0 Å². The van der Waals surface area contributed by atoms with E-state index in [-0.39, 0.29) is 22.0 Å². The molecule has 16 heavy (non-hydrogen) atoms. The standard InChI is InChI=1S/C8H6Cl2N2O4/c1-2-4-7(9)5(11(13)14)3-6(8(4)10)12(15)16/h3H,2H2,1H3. The molecular formula is C8H6Cl2N2O4.